The third kappa shape index (κ3) is 10.9. The summed E-state index contributed by atoms with van der Waals surface area (Å²) in [5.41, 5.74) is 3.87. The zero-order valence-electron chi connectivity index (χ0n) is 23.0. The average molecular weight is 523 g/mol. The van der Waals surface area contributed by atoms with Crippen LogP contribution in [-0.2, 0) is 6.54 Å². The maximum Gasteiger partial charge on any atom is 0.259 e. The van der Waals surface area contributed by atoms with E-state index in [-0.39, 0.29) is 5.91 Å². The lowest BCUT2D eigenvalue weighted by molar-refractivity contribution is 0.102. The second-order valence-electron chi connectivity index (χ2n) is 10.1. The minimum Gasteiger partial charge on any atom is -0.493 e. The van der Waals surface area contributed by atoms with E-state index in [0.29, 0.717) is 17.9 Å². The smallest absolute Gasteiger partial charge is 0.259 e. The number of nitrogens with one attached hydrogen (secondary N) is 1. The van der Waals surface area contributed by atoms with E-state index < -0.39 is 0 Å². The Labute approximate surface area is 229 Å². The molecule has 202 valence electrons. The van der Waals surface area contributed by atoms with E-state index in [1.165, 1.54) is 81.9 Å². The number of amides is 1. The number of thioether (sulfide) groups is 1. The van der Waals surface area contributed by atoms with Crippen LogP contribution in [0.15, 0.2) is 59.6 Å². The Kier molecular flexibility index (Phi) is 13.5. The van der Waals surface area contributed by atoms with Crippen LogP contribution in [0.5, 0.6) is 5.75 Å². The Morgan fingerprint density at radius 3 is 2.24 bits per heavy atom. The van der Waals surface area contributed by atoms with Gasteiger partial charge >= 0.3 is 0 Å². The third-order valence-electron chi connectivity index (χ3n) is 6.93. The Balaban J connectivity index is 1.35. The number of anilines is 1. The summed E-state index contributed by atoms with van der Waals surface area (Å²) in [4.78, 5) is 15.4. The zero-order chi connectivity index (χ0) is 26.1. The number of ether oxygens (including phenoxy) is 1. The number of nitrogens with zero attached hydrogens (tertiary/aromatic N) is 1. The fourth-order valence-electron chi connectivity index (χ4n) is 4.67. The lowest BCUT2D eigenvalue weighted by Gasteiger charge is -2.19. The predicted octanol–water partition coefficient (Wildman–Crippen LogP) is 9.39. The first-order valence-electron chi connectivity index (χ1n) is 14.3. The molecule has 1 heterocycles. The SMILES string of the molecule is CCCCCCCCCCCCCCOc1ccccc1C(=O)Nc1cccc(CN2CSC=C2C)c1. The van der Waals surface area contributed by atoms with Crippen molar-refractivity contribution in [2.24, 2.45) is 0 Å². The van der Waals surface area contributed by atoms with Crippen LogP contribution in [0.3, 0.4) is 0 Å². The summed E-state index contributed by atoms with van der Waals surface area (Å²) >= 11 is 1.82. The Hall–Kier alpha value is -2.40. The van der Waals surface area contributed by atoms with E-state index in [1.807, 2.05) is 48.2 Å². The van der Waals surface area contributed by atoms with E-state index in [4.69, 9.17) is 4.74 Å². The normalized spacial score (nSPS) is 13.0. The highest BCUT2D eigenvalue weighted by Gasteiger charge is 2.14. The highest BCUT2D eigenvalue weighted by atomic mass is 32.2. The number of rotatable bonds is 18. The molecule has 3 rings (SSSR count). The summed E-state index contributed by atoms with van der Waals surface area (Å²) in [6.45, 7) is 5.91. The van der Waals surface area contributed by atoms with Crippen molar-refractivity contribution in [1.82, 2.24) is 4.90 Å². The molecule has 2 aromatic rings. The third-order valence-corrected chi connectivity index (χ3v) is 7.90. The maximum atomic E-state index is 13.1. The number of carbonyl (C=O) groups excluding carboxylic acids is 1. The van der Waals surface area contributed by atoms with Gasteiger partial charge in [-0.1, -0.05) is 102 Å². The molecule has 1 amide bonds. The van der Waals surface area contributed by atoms with Crippen molar-refractivity contribution >= 4 is 23.4 Å². The molecule has 1 aliphatic heterocycles. The molecule has 1 aliphatic rings. The van der Waals surface area contributed by atoms with Gasteiger partial charge in [-0.25, -0.2) is 0 Å². The summed E-state index contributed by atoms with van der Waals surface area (Å²) < 4.78 is 6.04. The second kappa shape index (κ2) is 17.2. The maximum absolute atomic E-state index is 13.1. The van der Waals surface area contributed by atoms with Crippen LogP contribution in [0.4, 0.5) is 5.69 Å². The van der Waals surface area contributed by atoms with Crippen LogP contribution in [0.1, 0.15) is 107 Å². The number of hydrogen-bond acceptors (Lipinski definition) is 4. The minimum absolute atomic E-state index is 0.129. The van der Waals surface area contributed by atoms with Crippen molar-refractivity contribution in [3.8, 4) is 5.75 Å². The van der Waals surface area contributed by atoms with Gasteiger partial charge in [-0.15, -0.1) is 11.8 Å². The number of unbranched alkanes of at least 4 members (excludes halogenated alkanes) is 11. The van der Waals surface area contributed by atoms with Gasteiger partial charge in [0.1, 0.15) is 5.75 Å². The van der Waals surface area contributed by atoms with Gasteiger partial charge in [0, 0.05) is 17.9 Å². The lowest BCUT2D eigenvalue weighted by atomic mass is 10.1. The van der Waals surface area contributed by atoms with Crippen LogP contribution in [0.2, 0.25) is 0 Å². The molecule has 5 heteroatoms. The number of para-hydroxylation sites is 1. The summed E-state index contributed by atoms with van der Waals surface area (Å²) in [6, 6.07) is 15.7. The molecule has 2 aromatic carbocycles. The first-order valence-corrected chi connectivity index (χ1v) is 15.4. The summed E-state index contributed by atoms with van der Waals surface area (Å²) in [7, 11) is 0. The van der Waals surface area contributed by atoms with Crippen molar-refractivity contribution < 1.29 is 9.53 Å². The molecule has 0 radical (unpaired) electrons. The summed E-state index contributed by atoms with van der Waals surface area (Å²) in [5.74, 6) is 1.51. The van der Waals surface area contributed by atoms with Crippen LogP contribution in [-0.4, -0.2) is 23.3 Å². The van der Waals surface area contributed by atoms with Crippen LogP contribution < -0.4 is 10.1 Å². The van der Waals surface area contributed by atoms with Crippen LogP contribution in [0.25, 0.3) is 0 Å². The standard InChI is InChI=1S/C32H46N2O2S/c1-3-4-5-6-7-8-9-10-11-12-13-16-22-36-31-21-15-14-20-30(31)32(35)33-29-19-17-18-28(23-29)24-34-26-37-25-27(34)2/h14-15,17-21,23,25H,3-13,16,22,24,26H2,1-2H3,(H,33,35). The summed E-state index contributed by atoms with van der Waals surface area (Å²) in [6.07, 6.45) is 15.9. The van der Waals surface area contributed by atoms with Gasteiger partial charge in [0.05, 0.1) is 18.0 Å². The highest BCUT2D eigenvalue weighted by Crippen LogP contribution is 2.26. The Morgan fingerprint density at radius 2 is 1.57 bits per heavy atom. The lowest BCUT2D eigenvalue weighted by Crippen LogP contribution is -2.17. The molecule has 0 spiro atoms. The van der Waals surface area contributed by atoms with Crippen molar-refractivity contribution in [3.05, 3.63) is 70.8 Å². The predicted molar refractivity (Wildman–Crippen MR) is 159 cm³/mol. The molecule has 0 fully saturated rings. The minimum atomic E-state index is -0.129. The molecule has 0 saturated heterocycles. The fourth-order valence-corrected chi connectivity index (χ4v) is 5.61. The number of allylic oxidation sites excluding steroid dienone is 1. The van der Waals surface area contributed by atoms with Crippen molar-refractivity contribution in [2.45, 2.75) is 97.4 Å². The van der Waals surface area contributed by atoms with Crippen molar-refractivity contribution in [2.75, 3.05) is 17.8 Å². The van der Waals surface area contributed by atoms with Gasteiger partial charge < -0.3 is 15.0 Å². The second-order valence-corrected chi connectivity index (χ2v) is 11.0. The van der Waals surface area contributed by atoms with Gasteiger partial charge in [0.25, 0.3) is 5.91 Å². The van der Waals surface area contributed by atoms with Crippen molar-refractivity contribution in [3.63, 3.8) is 0 Å². The quantitative estimate of drug-likeness (QED) is 0.198. The first kappa shape index (κ1) is 29.2. The largest absolute Gasteiger partial charge is 0.493 e. The molecule has 0 unspecified atom stereocenters. The van der Waals surface area contributed by atoms with E-state index in [2.05, 4.69) is 41.6 Å². The highest BCUT2D eigenvalue weighted by molar-refractivity contribution is 8.02. The molecule has 0 atom stereocenters. The average Bonchev–Trinajstić information content (AvgIpc) is 3.31. The van der Waals surface area contributed by atoms with Crippen molar-refractivity contribution in [1.29, 1.82) is 0 Å². The molecule has 0 saturated carbocycles. The molecule has 37 heavy (non-hydrogen) atoms. The first-order chi connectivity index (χ1) is 18.2. The molecular weight excluding hydrogens is 476 g/mol. The van der Waals surface area contributed by atoms with Gasteiger partial charge in [-0.05, 0) is 48.6 Å². The van der Waals surface area contributed by atoms with E-state index in [9.17, 15) is 4.79 Å². The molecule has 0 aliphatic carbocycles. The number of hydrogen-bond donors (Lipinski definition) is 1. The fraction of sp³-hybridized carbons (Fsp3) is 0.531. The van der Waals surface area contributed by atoms with Gasteiger partial charge in [0.15, 0.2) is 0 Å². The van der Waals surface area contributed by atoms with E-state index >= 15 is 0 Å². The summed E-state index contributed by atoms with van der Waals surface area (Å²) in [5, 5.41) is 5.26. The van der Waals surface area contributed by atoms with Crippen LogP contribution >= 0.6 is 11.8 Å². The Morgan fingerprint density at radius 1 is 0.892 bits per heavy atom. The molecule has 0 bridgehead atoms. The van der Waals surface area contributed by atoms with Gasteiger partial charge in [-0.2, -0.15) is 0 Å². The molecular formula is C32H46N2O2S. The van der Waals surface area contributed by atoms with E-state index in [1.54, 1.807) is 0 Å². The molecule has 0 aromatic heterocycles. The Bertz CT molecular complexity index is 975. The topological polar surface area (TPSA) is 41.6 Å². The van der Waals surface area contributed by atoms with Crippen LogP contribution in [0, 0.1) is 0 Å². The monoisotopic (exact) mass is 522 g/mol. The number of benzene rings is 2. The molecule has 1 N–H and O–H groups in total. The van der Waals surface area contributed by atoms with E-state index in [0.717, 1.165) is 24.5 Å². The number of carbonyl (C=O) groups is 1. The molecule has 4 nitrogen and oxygen atoms in total. The van der Waals surface area contributed by atoms with Gasteiger partial charge in [-0.3, -0.25) is 4.79 Å². The van der Waals surface area contributed by atoms with Gasteiger partial charge in [0.2, 0.25) is 0 Å². The zero-order valence-corrected chi connectivity index (χ0v) is 23.8.